The van der Waals surface area contributed by atoms with Crippen LogP contribution in [0.25, 0.3) is 0 Å². The molecular weight excluding hydrogens is 467 g/mol. The molecule has 0 spiro atoms. The molecule has 2 nitrogen and oxygen atoms in total. The molecule has 0 bridgehead atoms. The SMILES string of the molecule is CCc1ccc(Cc2cc(I)c(O[C@H]3CCOC3)cc2Br)cc1. The lowest BCUT2D eigenvalue weighted by atomic mass is 10.0. The van der Waals surface area contributed by atoms with E-state index in [9.17, 15) is 0 Å². The minimum Gasteiger partial charge on any atom is -0.487 e. The molecule has 0 N–H and O–H groups in total. The largest absolute Gasteiger partial charge is 0.487 e. The Hall–Kier alpha value is -0.590. The van der Waals surface area contributed by atoms with E-state index in [-0.39, 0.29) is 6.10 Å². The molecule has 2 aromatic rings. The maximum absolute atomic E-state index is 6.06. The Labute approximate surface area is 159 Å². The topological polar surface area (TPSA) is 18.5 Å². The van der Waals surface area contributed by atoms with E-state index in [1.54, 1.807) is 0 Å². The number of ether oxygens (including phenoxy) is 2. The number of benzene rings is 2. The van der Waals surface area contributed by atoms with Gasteiger partial charge in [0.2, 0.25) is 0 Å². The van der Waals surface area contributed by atoms with Gasteiger partial charge in [0.05, 0.1) is 16.8 Å². The number of hydrogen-bond acceptors (Lipinski definition) is 2. The average Bonchev–Trinajstić information content (AvgIpc) is 3.06. The van der Waals surface area contributed by atoms with E-state index >= 15 is 0 Å². The lowest BCUT2D eigenvalue weighted by Gasteiger charge is -2.15. The van der Waals surface area contributed by atoms with E-state index in [2.05, 4.69) is 81.8 Å². The molecule has 0 radical (unpaired) electrons. The summed E-state index contributed by atoms with van der Waals surface area (Å²) in [5.74, 6) is 0.943. The lowest BCUT2D eigenvalue weighted by Crippen LogP contribution is -2.16. The van der Waals surface area contributed by atoms with Crippen molar-refractivity contribution in [1.29, 1.82) is 0 Å². The number of halogens is 2. The molecule has 122 valence electrons. The molecule has 0 aromatic heterocycles. The van der Waals surface area contributed by atoms with Crippen LogP contribution in [0.4, 0.5) is 0 Å². The third-order valence-corrected chi connectivity index (χ3v) is 5.69. The van der Waals surface area contributed by atoms with Crippen LogP contribution < -0.4 is 4.74 Å². The normalized spacial score (nSPS) is 17.4. The first-order chi connectivity index (χ1) is 11.2. The Morgan fingerprint density at radius 2 is 1.96 bits per heavy atom. The van der Waals surface area contributed by atoms with Crippen molar-refractivity contribution in [2.45, 2.75) is 32.3 Å². The Kier molecular flexibility index (Phi) is 5.99. The van der Waals surface area contributed by atoms with Crippen LogP contribution in [0, 0.1) is 3.57 Å². The minimum atomic E-state index is 0.183. The summed E-state index contributed by atoms with van der Waals surface area (Å²) in [6.45, 7) is 3.68. The van der Waals surface area contributed by atoms with E-state index in [0.29, 0.717) is 6.61 Å². The summed E-state index contributed by atoms with van der Waals surface area (Å²) < 4.78 is 13.7. The molecule has 2 aromatic carbocycles. The quantitative estimate of drug-likeness (QED) is 0.528. The fourth-order valence-electron chi connectivity index (χ4n) is 2.69. The smallest absolute Gasteiger partial charge is 0.134 e. The highest BCUT2D eigenvalue weighted by atomic mass is 127. The van der Waals surface area contributed by atoms with Gasteiger partial charge in [0.25, 0.3) is 0 Å². The Morgan fingerprint density at radius 1 is 1.22 bits per heavy atom. The first kappa shape index (κ1) is 17.2. The van der Waals surface area contributed by atoms with E-state index < -0.39 is 0 Å². The molecule has 4 heteroatoms. The summed E-state index contributed by atoms with van der Waals surface area (Å²) in [5.41, 5.74) is 4.00. The number of rotatable bonds is 5. The van der Waals surface area contributed by atoms with Crippen LogP contribution in [-0.2, 0) is 17.6 Å². The summed E-state index contributed by atoms with van der Waals surface area (Å²) in [6.07, 6.45) is 3.16. The van der Waals surface area contributed by atoms with Gasteiger partial charge in [-0.25, -0.2) is 0 Å². The fraction of sp³-hybridized carbons (Fsp3) is 0.368. The van der Waals surface area contributed by atoms with Crippen molar-refractivity contribution in [1.82, 2.24) is 0 Å². The van der Waals surface area contributed by atoms with Crippen LogP contribution in [0.3, 0.4) is 0 Å². The first-order valence-electron chi connectivity index (χ1n) is 7.96. The van der Waals surface area contributed by atoms with Crippen LogP contribution in [0.2, 0.25) is 0 Å². The lowest BCUT2D eigenvalue weighted by molar-refractivity contribution is 0.140. The summed E-state index contributed by atoms with van der Waals surface area (Å²) in [4.78, 5) is 0. The molecule has 0 saturated carbocycles. The molecular formula is C19H20BrIO2. The zero-order valence-electron chi connectivity index (χ0n) is 13.1. The monoisotopic (exact) mass is 486 g/mol. The zero-order valence-corrected chi connectivity index (χ0v) is 16.9. The van der Waals surface area contributed by atoms with Gasteiger partial charge in [0.1, 0.15) is 11.9 Å². The van der Waals surface area contributed by atoms with Crippen molar-refractivity contribution in [3.63, 3.8) is 0 Å². The second-order valence-corrected chi connectivity index (χ2v) is 7.84. The van der Waals surface area contributed by atoms with E-state index in [4.69, 9.17) is 9.47 Å². The molecule has 3 rings (SSSR count). The molecule has 1 fully saturated rings. The predicted octanol–water partition coefficient (Wildman–Crippen LogP) is 5.37. The first-order valence-corrected chi connectivity index (χ1v) is 9.83. The molecule has 1 heterocycles. The fourth-order valence-corrected chi connectivity index (χ4v) is 3.81. The van der Waals surface area contributed by atoms with Gasteiger partial charge in [-0.05, 0) is 64.3 Å². The van der Waals surface area contributed by atoms with Gasteiger partial charge in [-0.3, -0.25) is 0 Å². The highest BCUT2D eigenvalue weighted by Crippen LogP contribution is 2.31. The van der Waals surface area contributed by atoms with Crippen molar-refractivity contribution in [2.24, 2.45) is 0 Å². The van der Waals surface area contributed by atoms with E-state index in [1.807, 2.05) is 0 Å². The molecule has 0 unspecified atom stereocenters. The van der Waals surface area contributed by atoms with Crippen LogP contribution in [0.5, 0.6) is 5.75 Å². The summed E-state index contributed by atoms with van der Waals surface area (Å²) in [7, 11) is 0. The predicted molar refractivity (Wildman–Crippen MR) is 105 cm³/mol. The summed E-state index contributed by atoms with van der Waals surface area (Å²) >= 11 is 6.06. The second-order valence-electron chi connectivity index (χ2n) is 5.82. The molecule has 1 atom stereocenters. The van der Waals surface area contributed by atoms with Crippen molar-refractivity contribution in [3.05, 3.63) is 61.1 Å². The van der Waals surface area contributed by atoms with Gasteiger partial charge in [0.15, 0.2) is 0 Å². The van der Waals surface area contributed by atoms with Gasteiger partial charge in [0, 0.05) is 10.9 Å². The highest BCUT2D eigenvalue weighted by Gasteiger charge is 2.19. The van der Waals surface area contributed by atoms with E-state index in [0.717, 1.165) is 39.7 Å². The van der Waals surface area contributed by atoms with Crippen molar-refractivity contribution in [3.8, 4) is 5.75 Å². The van der Waals surface area contributed by atoms with Crippen molar-refractivity contribution < 1.29 is 9.47 Å². The highest BCUT2D eigenvalue weighted by molar-refractivity contribution is 14.1. The molecule has 23 heavy (non-hydrogen) atoms. The van der Waals surface area contributed by atoms with Crippen LogP contribution in [-0.4, -0.2) is 19.3 Å². The third kappa shape index (κ3) is 4.48. The third-order valence-electron chi connectivity index (χ3n) is 4.11. The number of aryl methyl sites for hydroxylation is 1. The molecule has 1 aliphatic heterocycles. The Bertz CT molecular complexity index is 664. The molecule has 0 amide bonds. The Morgan fingerprint density at radius 3 is 2.61 bits per heavy atom. The van der Waals surface area contributed by atoms with Crippen LogP contribution in [0.1, 0.15) is 30.0 Å². The zero-order chi connectivity index (χ0) is 16.2. The molecule has 1 aliphatic rings. The average molecular weight is 487 g/mol. The second kappa shape index (κ2) is 7.99. The number of hydrogen-bond donors (Lipinski definition) is 0. The maximum atomic E-state index is 6.06. The van der Waals surface area contributed by atoms with Gasteiger partial charge in [-0.15, -0.1) is 0 Å². The van der Waals surface area contributed by atoms with Crippen LogP contribution >= 0.6 is 38.5 Å². The van der Waals surface area contributed by atoms with Crippen molar-refractivity contribution in [2.75, 3.05) is 13.2 Å². The van der Waals surface area contributed by atoms with Crippen LogP contribution in [0.15, 0.2) is 40.9 Å². The standard InChI is InChI=1S/C19H20BrIO2/c1-2-13-3-5-14(6-4-13)9-15-10-18(21)19(11-17(15)20)23-16-7-8-22-12-16/h3-6,10-11,16H,2,7-9,12H2,1H3/t16-/m0/s1. The summed E-state index contributed by atoms with van der Waals surface area (Å²) in [6, 6.07) is 13.2. The maximum Gasteiger partial charge on any atom is 0.134 e. The van der Waals surface area contributed by atoms with Gasteiger partial charge < -0.3 is 9.47 Å². The van der Waals surface area contributed by atoms with E-state index in [1.165, 1.54) is 16.7 Å². The molecule has 0 aliphatic carbocycles. The van der Waals surface area contributed by atoms with Gasteiger partial charge in [-0.2, -0.15) is 0 Å². The molecule has 1 saturated heterocycles. The van der Waals surface area contributed by atoms with Crippen molar-refractivity contribution >= 4 is 38.5 Å². The van der Waals surface area contributed by atoms with Gasteiger partial charge in [-0.1, -0.05) is 47.1 Å². The summed E-state index contributed by atoms with van der Waals surface area (Å²) in [5, 5.41) is 0. The minimum absolute atomic E-state index is 0.183. The Balaban J connectivity index is 1.75. The van der Waals surface area contributed by atoms with Gasteiger partial charge >= 0.3 is 0 Å².